The highest BCUT2D eigenvalue weighted by Crippen LogP contribution is 2.28. The van der Waals surface area contributed by atoms with E-state index in [0.29, 0.717) is 21.6 Å². The SMILES string of the molecule is Cc1nc(Cl)c2nnc(-c3ccncc3Cl)n2c1C. The van der Waals surface area contributed by atoms with Gasteiger partial charge < -0.3 is 0 Å². The van der Waals surface area contributed by atoms with E-state index in [1.165, 1.54) is 0 Å². The van der Waals surface area contributed by atoms with Gasteiger partial charge in [-0.05, 0) is 19.9 Å². The van der Waals surface area contributed by atoms with Crippen molar-refractivity contribution in [1.82, 2.24) is 24.6 Å². The molecule has 3 aromatic rings. The summed E-state index contributed by atoms with van der Waals surface area (Å²) in [6.07, 6.45) is 3.23. The van der Waals surface area contributed by atoms with Gasteiger partial charge in [0.1, 0.15) is 0 Å². The minimum atomic E-state index is 0.326. The Kier molecular flexibility index (Phi) is 2.88. The number of halogens is 2. The van der Waals surface area contributed by atoms with Crippen LogP contribution in [0.3, 0.4) is 0 Å². The zero-order chi connectivity index (χ0) is 13.6. The summed E-state index contributed by atoms with van der Waals surface area (Å²) in [6, 6.07) is 1.79. The Balaban J connectivity index is 2.41. The van der Waals surface area contributed by atoms with Gasteiger partial charge in [-0.15, -0.1) is 10.2 Å². The van der Waals surface area contributed by atoms with E-state index in [1.54, 1.807) is 18.5 Å². The number of hydrogen-bond acceptors (Lipinski definition) is 4. The van der Waals surface area contributed by atoms with Gasteiger partial charge in [-0.2, -0.15) is 0 Å². The van der Waals surface area contributed by atoms with Crippen molar-refractivity contribution in [1.29, 1.82) is 0 Å². The minimum Gasteiger partial charge on any atom is -0.275 e. The lowest BCUT2D eigenvalue weighted by Crippen LogP contribution is -2.01. The van der Waals surface area contributed by atoms with Crippen molar-refractivity contribution in [2.24, 2.45) is 0 Å². The Morgan fingerprint density at radius 3 is 2.68 bits per heavy atom. The second kappa shape index (κ2) is 4.43. The molecular weight excluding hydrogens is 285 g/mol. The monoisotopic (exact) mass is 293 g/mol. The molecule has 19 heavy (non-hydrogen) atoms. The van der Waals surface area contributed by atoms with Gasteiger partial charge >= 0.3 is 0 Å². The van der Waals surface area contributed by atoms with Crippen molar-refractivity contribution in [3.63, 3.8) is 0 Å². The smallest absolute Gasteiger partial charge is 0.199 e. The van der Waals surface area contributed by atoms with Crippen LogP contribution >= 0.6 is 23.2 Å². The number of fused-ring (bicyclic) bond motifs is 1. The minimum absolute atomic E-state index is 0.326. The van der Waals surface area contributed by atoms with E-state index in [4.69, 9.17) is 23.2 Å². The van der Waals surface area contributed by atoms with Gasteiger partial charge in [-0.1, -0.05) is 23.2 Å². The molecule has 3 rings (SSSR count). The van der Waals surface area contributed by atoms with Crippen LogP contribution in [-0.4, -0.2) is 24.6 Å². The van der Waals surface area contributed by atoms with Gasteiger partial charge in [0.25, 0.3) is 0 Å². The molecule has 0 atom stereocenters. The van der Waals surface area contributed by atoms with Crippen LogP contribution in [-0.2, 0) is 0 Å². The molecule has 0 aliphatic rings. The van der Waals surface area contributed by atoms with Crippen LogP contribution in [0.1, 0.15) is 11.4 Å². The number of nitrogens with zero attached hydrogens (tertiary/aromatic N) is 5. The molecule has 0 fully saturated rings. The van der Waals surface area contributed by atoms with Crippen molar-refractivity contribution in [3.05, 3.63) is 40.0 Å². The first-order valence-electron chi connectivity index (χ1n) is 5.57. The quantitative estimate of drug-likeness (QED) is 0.692. The largest absolute Gasteiger partial charge is 0.275 e. The zero-order valence-corrected chi connectivity index (χ0v) is 11.7. The molecule has 3 heterocycles. The van der Waals surface area contributed by atoms with Crippen LogP contribution in [0.25, 0.3) is 17.0 Å². The Hall–Kier alpha value is -1.72. The zero-order valence-electron chi connectivity index (χ0n) is 10.2. The van der Waals surface area contributed by atoms with Crippen LogP contribution in [0.2, 0.25) is 10.2 Å². The van der Waals surface area contributed by atoms with E-state index < -0.39 is 0 Å². The molecule has 5 nitrogen and oxygen atoms in total. The predicted octanol–water partition coefficient (Wildman–Crippen LogP) is 3.11. The Labute approximate surface area is 119 Å². The maximum absolute atomic E-state index is 6.16. The van der Waals surface area contributed by atoms with Crippen molar-refractivity contribution in [3.8, 4) is 11.4 Å². The molecule has 0 unspecified atom stereocenters. The molecule has 0 aliphatic heterocycles. The molecule has 0 aliphatic carbocycles. The fourth-order valence-corrected chi connectivity index (χ4v) is 2.36. The average Bonchev–Trinajstić information content (AvgIpc) is 2.82. The molecule has 0 N–H and O–H groups in total. The van der Waals surface area contributed by atoms with Crippen molar-refractivity contribution < 1.29 is 0 Å². The maximum Gasteiger partial charge on any atom is 0.199 e. The Morgan fingerprint density at radius 2 is 1.95 bits per heavy atom. The summed E-state index contributed by atoms with van der Waals surface area (Å²) in [6.45, 7) is 3.83. The number of hydrogen-bond donors (Lipinski definition) is 0. The second-order valence-corrected chi connectivity index (χ2v) is 4.88. The van der Waals surface area contributed by atoms with Crippen molar-refractivity contribution in [2.45, 2.75) is 13.8 Å². The molecule has 7 heteroatoms. The van der Waals surface area contributed by atoms with Crippen molar-refractivity contribution >= 4 is 28.8 Å². The highest BCUT2D eigenvalue weighted by atomic mass is 35.5. The van der Waals surface area contributed by atoms with Crippen LogP contribution < -0.4 is 0 Å². The van der Waals surface area contributed by atoms with Crippen molar-refractivity contribution in [2.75, 3.05) is 0 Å². The predicted molar refractivity (Wildman–Crippen MR) is 73.5 cm³/mol. The van der Waals surface area contributed by atoms with Crippen LogP contribution in [0.15, 0.2) is 18.5 Å². The summed E-state index contributed by atoms with van der Waals surface area (Å²) in [5.41, 5.74) is 3.03. The van der Waals surface area contributed by atoms with E-state index >= 15 is 0 Å². The van der Waals surface area contributed by atoms with Gasteiger partial charge in [-0.3, -0.25) is 9.38 Å². The molecule has 96 valence electrons. The highest BCUT2D eigenvalue weighted by molar-refractivity contribution is 6.33. The third kappa shape index (κ3) is 1.86. The van der Waals surface area contributed by atoms with Crippen LogP contribution in [0.5, 0.6) is 0 Å². The van der Waals surface area contributed by atoms with Crippen LogP contribution in [0, 0.1) is 13.8 Å². The summed E-state index contributed by atoms with van der Waals surface area (Å²) < 4.78 is 1.85. The molecule has 0 bridgehead atoms. The van der Waals surface area contributed by atoms with Gasteiger partial charge in [0, 0.05) is 23.7 Å². The molecular formula is C12H9Cl2N5. The lowest BCUT2D eigenvalue weighted by Gasteiger charge is -2.07. The lowest BCUT2D eigenvalue weighted by molar-refractivity contribution is 0.999. The number of pyridine rings is 1. The molecule has 0 radical (unpaired) electrons. The lowest BCUT2D eigenvalue weighted by atomic mass is 10.2. The first-order chi connectivity index (χ1) is 9.09. The topological polar surface area (TPSA) is 56.0 Å². The molecule has 0 saturated heterocycles. The number of aryl methyl sites for hydroxylation is 2. The van der Waals surface area contributed by atoms with E-state index in [0.717, 1.165) is 17.0 Å². The summed E-state index contributed by atoms with van der Waals surface area (Å²) >= 11 is 12.3. The molecule has 3 aromatic heterocycles. The summed E-state index contributed by atoms with van der Waals surface area (Å²) in [4.78, 5) is 8.19. The van der Waals surface area contributed by atoms with E-state index in [1.807, 2.05) is 18.2 Å². The first kappa shape index (κ1) is 12.3. The summed E-state index contributed by atoms with van der Waals surface area (Å²) in [7, 11) is 0. The molecule has 0 saturated carbocycles. The fraction of sp³-hybridized carbons (Fsp3) is 0.167. The van der Waals surface area contributed by atoms with Gasteiger partial charge in [0.05, 0.1) is 10.7 Å². The molecule has 0 aromatic carbocycles. The standard InChI is InChI=1S/C12H9Cl2N5/c1-6-7(2)19-11(8-3-4-15-5-9(8)13)17-18-12(19)10(14)16-6/h3-5H,1-2H3. The normalized spacial score (nSPS) is 11.2. The number of rotatable bonds is 1. The average molecular weight is 294 g/mol. The Bertz CT molecular complexity index is 781. The third-order valence-corrected chi connectivity index (χ3v) is 3.54. The van der Waals surface area contributed by atoms with Gasteiger partial charge in [-0.25, -0.2) is 4.98 Å². The van der Waals surface area contributed by atoms with Gasteiger partial charge in [0.15, 0.2) is 16.6 Å². The molecule has 0 spiro atoms. The highest BCUT2D eigenvalue weighted by Gasteiger charge is 2.17. The second-order valence-electron chi connectivity index (χ2n) is 4.11. The fourth-order valence-electron chi connectivity index (χ4n) is 1.91. The third-order valence-electron chi connectivity index (χ3n) is 2.99. The van der Waals surface area contributed by atoms with Crippen LogP contribution in [0.4, 0.5) is 0 Å². The maximum atomic E-state index is 6.16. The van der Waals surface area contributed by atoms with Gasteiger partial charge in [0.2, 0.25) is 0 Å². The van der Waals surface area contributed by atoms with E-state index in [-0.39, 0.29) is 0 Å². The first-order valence-corrected chi connectivity index (χ1v) is 6.33. The summed E-state index contributed by atoms with van der Waals surface area (Å²) in [5.74, 6) is 0.632. The summed E-state index contributed by atoms with van der Waals surface area (Å²) in [5, 5.41) is 9.08. The van der Waals surface area contributed by atoms with E-state index in [2.05, 4.69) is 20.2 Å². The van der Waals surface area contributed by atoms with E-state index in [9.17, 15) is 0 Å². The number of aromatic nitrogens is 5. The Morgan fingerprint density at radius 1 is 1.16 bits per heavy atom. The molecule has 0 amide bonds.